The van der Waals surface area contributed by atoms with E-state index < -0.39 is 0 Å². The number of hydrogen-bond acceptors (Lipinski definition) is 3. The molecule has 0 aliphatic carbocycles. The van der Waals surface area contributed by atoms with Crippen molar-refractivity contribution in [3.05, 3.63) is 42.2 Å². The standard InChI is InChI=1S/C9H6ClN3/c10-9-3-7(1-2-13-9)8-4-11-6-12-5-8/h1-6H. The van der Waals surface area contributed by atoms with Crippen molar-refractivity contribution in [3.8, 4) is 11.1 Å². The van der Waals surface area contributed by atoms with E-state index in [4.69, 9.17) is 11.6 Å². The number of pyridine rings is 1. The molecule has 0 spiro atoms. The minimum absolute atomic E-state index is 0.473. The first-order valence-corrected chi connectivity index (χ1v) is 4.11. The van der Waals surface area contributed by atoms with Crippen LogP contribution in [-0.2, 0) is 0 Å². The number of hydrogen-bond donors (Lipinski definition) is 0. The van der Waals surface area contributed by atoms with Gasteiger partial charge in [0.2, 0.25) is 0 Å². The van der Waals surface area contributed by atoms with Gasteiger partial charge in [-0.2, -0.15) is 0 Å². The van der Waals surface area contributed by atoms with E-state index in [1.807, 2.05) is 6.07 Å². The molecule has 2 heterocycles. The largest absolute Gasteiger partial charge is 0.245 e. The third-order valence-corrected chi connectivity index (χ3v) is 1.83. The summed E-state index contributed by atoms with van der Waals surface area (Å²) in [5, 5.41) is 0.473. The molecule has 0 saturated heterocycles. The minimum atomic E-state index is 0.473. The number of aromatic nitrogens is 3. The Morgan fingerprint density at radius 2 is 1.85 bits per heavy atom. The molecule has 0 N–H and O–H groups in total. The predicted molar refractivity (Wildman–Crippen MR) is 50.3 cm³/mol. The highest BCUT2D eigenvalue weighted by molar-refractivity contribution is 6.29. The Balaban J connectivity index is 2.48. The molecule has 0 aromatic carbocycles. The molecule has 0 fully saturated rings. The van der Waals surface area contributed by atoms with Crippen LogP contribution < -0.4 is 0 Å². The summed E-state index contributed by atoms with van der Waals surface area (Å²) in [7, 11) is 0. The number of nitrogens with zero attached hydrogens (tertiary/aromatic N) is 3. The van der Waals surface area contributed by atoms with Crippen molar-refractivity contribution in [2.75, 3.05) is 0 Å². The van der Waals surface area contributed by atoms with Crippen LogP contribution in [0.1, 0.15) is 0 Å². The molecule has 2 aromatic heterocycles. The topological polar surface area (TPSA) is 38.7 Å². The quantitative estimate of drug-likeness (QED) is 0.649. The molecule has 64 valence electrons. The highest BCUT2D eigenvalue weighted by Gasteiger charge is 1.97. The second kappa shape index (κ2) is 3.49. The van der Waals surface area contributed by atoms with Crippen LogP contribution in [-0.4, -0.2) is 15.0 Å². The van der Waals surface area contributed by atoms with Crippen LogP contribution in [0.15, 0.2) is 37.1 Å². The minimum Gasteiger partial charge on any atom is -0.245 e. The first-order valence-electron chi connectivity index (χ1n) is 3.73. The van der Waals surface area contributed by atoms with Crippen molar-refractivity contribution < 1.29 is 0 Å². The second-order valence-corrected chi connectivity index (χ2v) is 2.88. The normalized spacial score (nSPS) is 9.92. The monoisotopic (exact) mass is 191 g/mol. The van der Waals surface area contributed by atoms with Crippen molar-refractivity contribution in [1.29, 1.82) is 0 Å². The summed E-state index contributed by atoms with van der Waals surface area (Å²) in [6.07, 6.45) is 6.62. The average Bonchev–Trinajstić information content (AvgIpc) is 2.19. The fraction of sp³-hybridized carbons (Fsp3) is 0. The zero-order chi connectivity index (χ0) is 9.10. The van der Waals surface area contributed by atoms with Gasteiger partial charge >= 0.3 is 0 Å². The molecule has 3 nitrogen and oxygen atoms in total. The zero-order valence-corrected chi connectivity index (χ0v) is 7.44. The summed E-state index contributed by atoms with van der Waals surface area (Å²) in [5.41, 5.74) is 1.91. The maximum atomic E-state index is 5.74. The summed E-state index contributed by atoms with van der Waals surface area (Å²) in [6.45, 7) is 0. The number of halogens is 1. The van der Waals surface area contributed by atoms with E-state index in [0.29, 0.717) is 5.15 Å². The molecular formula is C9H6ClN3. The molecule has 0 saturated carbocycles. The molecular weight excluding hydrogens is 186 g/mol. The van der Waals surface area contributed by atoms with Crippen LogP contribution in [0.25, 0.3) is 11.1 Å². The molecule has 0 aliphatic heterocycles. The van der Waals surface area contributed by atoms with Gasteiger partial charge in [-0.3, -0.25) is 0 Å². The summed E-state index contributed by atoms with van der Waals surface area (Å²) in [5.74, 6) is 0. The van der Waals surface area contributed by atoms with E-state index in [0.717, 1.165) is 11.1 Å². The Morgan fingerprint density at radius 1 is 1.08 bits per heavy atom. The van der Waals surface area contributed by atoms with Gasteiger partial charge in [-0.1, -0.05) is 11.6 Å². The van der Waals surface area contributed by atoms with Crippen LogP contribution in [0.3, 0.4) is 0 Å². The number of rotatable bonds is 1. The molecule has 0 atom stereocenters. The van der Waals surface area contributed by atoms with Crippen LogP contribution in [0.2, 0.25) is 5.15 Å². The van der Waals surface area contributed by atoms with Crippen LogP contribution in [0.4, 0.5) is 0 Å². The van der Waals surface area contributed by atoms with Crippen molar-refractivity contribution in [2.45, 2.75) is 0 Å². The fourth-order valence-corrected chi connectivity index (χ4v) is 1.20. The van der Waals surface area contributed by atoms with Gasteiger partial charge in [-0.25, -0.2) is 15.0 Å². The van der Waals surface area contributed by atoms with Crippen molar-refractivity contribution in [1.82, 2.24) is 15.0 Å². The SMILES string of the molecule is Clc1cc(-c2cncnc2)ccn1. The van der Waals surface area contributed by atoms with E-state index in [1.54, 1.807) is 24.7 Å². The molecule has 0 bridgehead atoms. The van der Waals surface area contributed by atoms with Crippen LogP contribution in [0, 0.1) is 0 Å². The van der Waals surface area contributed by atoms with Gasteiger partial charge in [0, 0.05) is 24.2 Å². The lowest BCUT2D eigenvalue weighted by Crippen LogP contribution is -1.82. The lowest BCUT2D eigenvalue weighted by Gasteiger charge is -1.98. The van der Waals surface area contributed by atoms with E-state index in [-0.39, 0.29) is 0 Å². The summed E-state index contributed by atoms with van der Waals surface area (Å²) in [6, 6.07) is 3.64. The summed E-state index contributed by atoms with van der Waals surface area (Å²) in [4.78, 5) is 11.7. The Kier molecular flexibility index (Phi) is 2.19. The average molecular weight is 192 g/mol. The molecule has 2 aromatic rings. The predicted octanol–water partition coefficient (Wildman–Crippen LogP) is 2.19. The highest BCUT2D eigenvalue weighted by atomic mass is 35.5. The molecule has 0 aliphatic rings. The van der Waals surface area contributed by atoms with Crippen LogP contribution in [0.5, 0.6) is 0 Å². The third-order valence-electron chi connectivity index (χ3n) is 1.62. The first-order chi connectivity index (χ1) is 6.36. The Bertz CT molecular complexity index is 403. The van der Waals surface area contributed by atoms with E-state index >= 15 is 0 Å². The maximum absolute atomic E-state index is 5.74. The molecule has 0 unspecified atom stereocenters. The molecule has 0 radical (unpaired) electrons. The first kappa shape index (κ1) is 8.13. The Labute approximate surface area is 80.5 Å². The van der Waals surface area contributed by atoms with Gasteiger partial charge in [0.05, 0.1) is 0 Å². The van der Waals surface area contributed by atoms with E-state index in [9.17, 15) is 0 Å². The van der Waals surface area contributed by atoms with Gasteiger partial charge in [0.15, 0.2) is 0 Å². The summed E-state index contributed by atoms with van der Waals surface area (Å²) >= 11 is 5.74. The molecule has 13 heavy (non-hydrogen) atoms. The van der Waals surface area contributed by atoms with Gasteiger partial charge in [-0.15, -0.1) is 0 Å². The lowest BCUT2D eigenvalue weighted by molar-refractivity contribution is 1.17. The van der Waals surface area contributed by atoms with Gasteiger partial charge in [-0.05, 0) is 17.7 Å². The van der Waals surface area contributed by atoms with Crippen molar-refractivity contribution >= 4 is 11.6 Å². The van der Waals surface area contributed by atoms with Crippen molar-refractivity contribution in [3.63, 3.8) is 0 Å². The van der Waals surface area contributed by atoms with E-state index in [1.165, 1.54) is 6.33 Å². The molecule has 4 heteroatoms. The third kappa shape index (κ3) is 1.81. The highest BCUT2D eigenvalue weighted by Crippen LogP contribution is 2.18. The summed E-state index contributed by atoms with van der Waals surface area (Å²) < 4.78 is 0. The molecule has 0 amide bonds. The zero-order valence-electron chi connectivity index (χ0n) is 6.68. The lowest BCUT2D eigenvalue weighted by atomic mass is 10.1. The second-order valence-electron chi connectivity index (χ2n) is 2.49. The van der Waals surface area contributed by atoms with Crippen LogP contribution >= 0.6 is 11.6 Å². The smallest absolute Gasteiger partial charge is 0.129 e. The van der Waals surface area contributed by atoms with Crippen molar-refractivity contribution in [2.24, 2.45) is 0 Å². The molecule has 2 rings (SSSR count). The van der Waals surface area contributed by atoms with Gasteiger partial charge < -0.3 is 0 Å². The Morgan fingerprint density at radius 3 is 2.54 bits per heavy atom. The Hall–Kier alpha value is -1.48. The van der Waals surface area contributed by atoms with Gasteiger partial charge in [0.25, 0.3) is 0 Å². The van der Waals surface area contributed by atoms with Gasteiger partial charge in [0.1, 0.15) is 11.5 Å². The maximum Gasteiger partial charge on any atom is 0.129 e. The van der Waals surface area contributed by atoms with E-state index in [2.05, 4.69) is 15.0 Å². The fourth-order valence-electron chi connectivity index (χ4n) is 1.03.